The van der Waals surface area contributed by atoms with Gasteiger partial charge in [0.2, 0.25) is 5.88 Å². The molecule has 116 valence electrons. The summed E-state index contributed by atoms with van der Waals surface area (Å²) in [7, 11) is 0. The normalized spacial score (nSPS) is 10.9. The molecule has 0 unspecified atom stereocenters. The van der Waals surface area contributed by atoms with Gasteiger partial charge in [-0.1, -0.05) is 6.07 Å². The zero-order valence-electron chi connectivity index (χ0n) is 13.0. The number of nitrogens with one attached hydrogen (secondary N) is 1. The number of amides is 1. The van der Waals surface area contributed by atoms with Gasteiger partial charge in [0, 0.05) is 17.8 Å². The van der Waals surface area contributed by atoms with Crippen LogP contribution in [0.5, 0.6) is 17.4 Å². The lowest BCUT2D eigenvalue weighted by Gasteiger charge is -2.20. The highest BCUT2D eigenvalue weighted by molar-refractivity contribution is 5.78. The molecule has 0 aliphatic heterocycles. The fourth-order valence-electron chi connectivity index (χ4n) is 1.74. The SMILES string of the molecule is CC(C)(C)NC(=O)COc1ccc(Oc2ccccn2)cc1. The molecule has 0 bridgehead atoms. The summed E-state index contributed by atoms with van der Waals surface area (Å²) in [5.74, 6) is 1.64. The molecule has 0 aliphatic rings. The summed E-state index contributed by atoms with van der Waals surface area (Å²) in [5.41, 5.74) is -0.263. The predicted molar refractivity (Wildman–Crippen MR) is 84.1 cm³/mol. The fourth-order valence-corrected chi connectivity index (χ4v) is 1.74. The van der Waals surface area contributed by atoms with Crippen molar-refractivity contribution in [2.75, 3.05) is 6.61 Å². The molecule has 1 aromatic carbocycles. The van der Waals surface area contributed by atoms with Crippen LogP contribution in [0.3, 0.4) is 0 Å². The molecular formula is C17H20N2O3. The molecule has 5 nitrogen and oxygen atoms in total. The van der Waals surface area contributed by atoms with E-state index >= 15 is 0 Å². The van der Waals surface area contributed by atoms with Crippen LogP contribution in [0.25, 0.3) is 0 Å². The maximum Gasteiger partial charge on any atom is 0.258 e. The molecule has 0 radical (unpaired) electrons. The molecule has 0 saturated carbocycles. The average molecular weight is 300 g/mol. The van der Waals surface area contributed by atoms with Crippen molar-refractivity contribution in [2.45, 2.75) is 26.3 Å². The number of carbonyl (C=O) groups is 1. The Kier molecular flexibility index (Phi) is 4.99. The maximum atomic E-state index is 11.7. The lowest BCUT2D eigenvalue weighted by Crippen LogP contribution is -2.43. The van der Waals surface area contributed by atoms with Gasteiger partial charge in [-0.25, -0.2) is 4.98 Å². The van der Waals surface area contributed by atoms with Crippen LogP contribution in [-0.2, 0) is 4.79 Å². The summed E-state index contributed by atoms with van der Waals surface area (Å²) < 4.78 is 11.0. The van der Waals surface area contributed by atoms with E-state index in [1.54, 1.807) is 36.5 Å². The standard InChI is InChI=1S/C17H20N2O3/c1-17(2,3)19-15(20)12-21-13-7-9-14(10-8-13)22-16-6-4-5-11-18-16/h4-11H,12H2,1-3H3,(H,19,20). The fraction of sp³-hybridized carbons (Fsp3) is 0.294. The topological polar surface area (TPSA) is 60.5 Å². The van der Waals surface area contributed by atoms with Crippen molar-refractivity contribution in [3.05, 3.63) is 48.7 Å². The summed E-state index contributed by atoms with van der Waals surface area (Å²) >= 11 is 0. The first-order chi connectivity index (χ1) is 10.4. The van der Waals surface area contributed by atoms with Crippen molar-refractivity contribution in [3.8, 4) is 17.4 Å². The van der Waals surface area contributed by atoms with Crippen LogP contribution in [0.15, 0.2) is 48.7 Å². The van der Waals surface area contributed by atoms with Gasteiger partial charge in [0.05, 0.1) is 0 Å². The molecule has 1 aromatic heterocycles. The van der Waals surface area contributed by atoms with Crippen molar-refractivity contribution >= 4 is 5.91 Å². The first-order valence-electron chi connectivity index (χ1n) is 7.05. The van der Waals surface area contributed by atoms with Crippen molar-refractivity contribution in [2.24, 2.45) is 0 Å². The minimum Gasteiger partial charge on any atom is -0.484 e. The molecule has 0 aliphatic carbocycles. The Morgan fingerprint density at radius 3 is 2.36 bits per heavy atom. The number of pyridine rings is 1. The number of hydrogen-bond acceptors (Lipinski definition) is 4. The van der Waals surface area contributed by atoms with Crippen LogP contribution < -0.4 is 14.8 Å². The van der Waals surface area contributed by atoms with E-state index in [0.29, 0.717) is 17.4 Å². The van der Waals surface area contributed by atoms with Gasteiger partial charge in [-0.05, 0) is 51.1 Å². The van der Waals surface area contributed by atoms with E-state index in [1.807, 2.05) is 32.9 Å². The van der Waals surface area contributed by atoms with Crippen LogP contribution in [0, 0.1) is 0 Å². The summed E-state index contributed by atoms with van der Waals surface area (Å²) in [5, 5.41) is 2.84. The molecule has 0 spiro atoms. The number of nitrogens with zero attached hydrogens (tertiary/aromatic N) is 1. The van der Waals surface area contributed by atoms with Crippen LogP contribution in [-0.4, -0.2) is 23.0 Å². The van der Waals surface area contributed by atoms with Crippen molar-refractivity contribution in [3.63, 3.8) is 0 Å². The van der Waals surface area contributed by atoms with Gasteiger partial charge in [-0.15, -0.1) is 0 Å². The number of aromatic nitrogens is 1. The van der Waals surface area contributed by atoms with Gasteiger partial charge < -0.3 is 14.8 Å². The lowest BCUT2D eigenvalue weighted by atomic mass is 10.1. The maximum absolute atomic E-state index is 11.7. The predicted octanol–water partition coefficient (Wildman–Crippen LogP) is 3.17. The molecule has 1 heterocycles. The van der Waals surface area contributed by atoms with Crippen molar-refractivity contribution in [1.82, 2.24) is 10.3 Å². The smallest absolute Gasteiger partial charge is 0.258 e. The van der Waals surface area contributed by atoms with E-state index in [-0.39, 0.29) is 18.1 Å². The summed E-state index contributed by atoms with van der Waals surface area (Å²) in [6.45, 7) is 5.76. The average Bonchev–Trinajstić information content (AvgIpc) is 2.46. The third kappa shape index (κ3) is 5.44. The van der Waals surface area contributed by atoms with Gasteiger partial charge in [-0.2, -0.15) is 0 Å². The lowest BCUT2D eigenvalue weighted by molar-refractivity contribution is -0.124. The van der Waals surface area contributed by atoms with Gasteiger partial charge in [0.25, 0.3) is 5.91 Å². The molecule has 2 rings (SSSR count). The minimum atomic E-state index is -0.263. The summed E-state index contributed by atoms with van der Waals surface area (Å²) in [4.78, 5) is 15.8. The molecule has 0 saturated heterocycles. The number of carbonyl (C=O) groups excluding carboxylic acids is 1. The molecule has 0 fully saturated rings. The largest absolute Gasteiger partial charge is 0.484 e. The van der Waals surface area contributed by atoms with Gasteiger partial charge in [0.15, 0.2) is 6.61 Å². The molecule has 2 aromatic rings. The highest BCUT2D eigenvalue weighted by Gasteiger charge is 2.13. The zero-order valence-corrected chi connectivity index (χ0v) is 13.0. The first kappa shape index (κ1) is 15.8. The highest BCUT2D eigenvalue weighted by atomic mass is 16.5. The number of benzene rings is 1. The summed E-state index contributed by atoms with van der Waals surface area (Å²) in [6.07, 6.45) is 1.67. The van der Waals surface area contributed by atoms with Crippen LogP contribution in [0.2, 0.25) is 0 Å². The zero-order chi connectivity index (χ0) is 16.0. The number of ether oxygens (including phenoxy) is 2. The Balaban J connectivity index is 1.86. The third-order valence-corrected chi connectivity index (χ3v) is 2.57. The van der Waals surface area contributed by atoms with Crippen LogP contribution in [0.4, 0.5) is 0 Å². The van der Waals surface area contributed by atoms with E-state index in [2.05, 4.69) is 10.3 Å². The highest BCUT2D eigenvalue weighted by Crippen LogP contribution is 2.22. The Morgan fingerprint density at radius 1 is 1.09 bits per heavy atom. The van der Waals surface area contributed by atoms with E-state index in [4.69, 9.17) is 9.47 Å². The summed E-state index contributed by atoms with van der Waals surface area (Å²) in [6, 6.07) is 12.5. The van der Waals surface area contributed by atoms with Crippen LogP contribution >= 0.6 is 0 Å². The Hall–Kier alpha value is -2.56. The molecule has 1 amide bonds. The second kappa shape index (κ2) is 6.93. The number of rotatable bonds is 5. The molecular weight excluding hydrogens is 280 g/mol. The van der Waals surface area contributed by atoms with Crippen LogP contribution in [0.1, 0.15) is 20.8 Å². The second-order valence-corrected chi connectivity index (χ2v) is 5.83. The Labute approximate surface area is 130 Å². The van der Waals surface area contributed by atoms with Gasteiger partial charge in [-0.3, -0.25) is 4.79 Å². The molecule has 1 N–H and O–H groups in total. The van der Waals surface area contributed by atoms with Crippen molar-refractivity contribution < 1.29 is 14.3 Å². The second-order valence-electron chi connectivity index (χ2n) is 5.83. The molecule has 5 heteroatoms. The quantitative estimate of drug-likeness (QED) is 0.921. The van der Waals surface area contributed by atoms with E-state index in [9.17, 15) is 4.79 Å². The van der Waals surface area contributed by atoms with Gasteiger partial charge in [0.1, 0.15) is 11.5 Å². The van der Waals surface area contributed by atoms with E-state index in [0.717, 1.165) is 0 Å². The van der Waals surface area contributed by atoms with E-state index < -0.39 is 0 Å². The first-order valence-corrected chi connectivity index (χ1v) is 7.05. The molecule has 0 atom stereocenters. The minimum absolute atomic E-state index is 0.0162. The monoisotopic (exact) mass is 300 g/mol. The van der Waals surface area contributed by atoms with Crippen molar-refractivity contribution in [1.29, 1.82) is 0 Å². The van der Waals surface area contributed by atoms with Gasteiger partial charge >= 0.3 is 0 Å². The number of hydrogen-bond donors (Lipinski definition) is 1. The molecule has 22 heavy (non-hydrogen) atoms. The Morgan fingerprint density at radius 2 is 1.77 bits per heavy atom. The third-order valence-electron chi connectivity index (χ3n) is 2.57. The van der Waals surface area contributed by atoms with E-state index in [1.165, 1.54) is 0 Å². The Bertz CT molecular complexity index is 604.